The Hall–Kier alpha value is -2.10. The first-order chi connectivity index (χ1) is 15.0. The molecule has 0 heterocycles. The van der Waals surface area contributed by atoms with Gasteiger partial charge in [-0.2, -0.15) is 17.5 Å². The molecule has 1 aliphatic rings. The predicted octanol–water partition coefficient (Wildman–Crippen LogP) is 5.63. The van der Waals surface area contributed by atoms with Crippen molar-refractivity contribution in [3.05, 3.63) is 58.6 Å². The minimum Gasteiger partial charge on any atom is -0.324 e. The molecule has 0 unspecified atom stereocenters. The molecule has 1 amide bonds. The molecule has 0 aliphatic heterocycles. The number of hydrogen-bond acceptors (Lipinski definition) is 3. The summed E-state index contributed by atoms with van der Waals surface area (Å²) in [6, 6.07) is 8.88. The van der Waals surface area contributed by atoms with E-state index in [-0.39, 0.29) is 9.92 Å². The van der Waals surface area contributed by atoms with E-state index in [9.17, 15) is 26.4 Å². The van der Waals surface area contributed by atoms with Gasteiger partial charge in [0.05, 0.1) is 22.7 Å². The van der Waals surface area contributed by atoms with E-state index in [4.69, 9.17) is 11.6 Å². The summed E-state index contributed by atoms with van der Waals surface area (Å²) in [7, 11) is -4.02. The Morgan fingerprint density at radius 1 is 1.09 bits per heavy atom. The van der Waals surface area contributed by atoms with Gasteiger partial charge >= 0.3 is 6.18 Å². The van der Waals surface area contributed by atoms with Gasteiger partial charge in [-0.05, 0) is 50.1 Å². The predicted molar refractivity (Wildman–Crippen MR) is 117 cm³/mol. The van der Waals surface area contributed by atoms with E-state index < -0.39 is 45.9 Å². The third-order valence-corrected chi connectivity index (χ3v) is 7.62. The summed E-state index contributed by atoms with van der Waals surface area (Å²) >= 11 is 5.68. The highest BCUT2D eigenvalue weighted by Crippen LogP contribution is 2.36. The molecule has 32 heavy (non-hydrogen) atoms. The molecule has 1 aliphatic carbocycles. The second-order valence-electron chi connectivity index (χ2n) is 7.89. The van der Waals surface area contributed by atoms with Crippen molar-refractivity contribution in [2.24, 2.45) is 0 Å². The Labute approximate surface area is 190 Å². The van der Waals surface area contributed by atoms with Crippen LogP contribution in [-0.4, -0.2) is 31.2 Å². The van der Waals surface area contributed by atoms with Gasteiger partial charge in [-0.15, -0.1) is 0 Å². The molecule has 1 fully saturated rings. The second-order valence-corrected chi connectivity index (χ2v) is 10.2. The van der Waals surface area contributed by atoms with Gasteiger partial charge in [-0.3, -0.25) is 4.79 Å². The Balaban J connectivity index is 1.89. The zero-order valence-electron chi connectivity index (χ0n) is 17.5. The van der Waals surface area contributed by atoms with Crippen LogP contribution in [0.4, 0.5) is 18.9 Å². The van der Waals surface area contributed by atoms with Gasteiger partial charge in [0.15, 0.2) is 0 Å². The summed E-state index contributed by atoms with van der Waals surface area (Å²) in [6.45, 7) is 1.24. The zero-order chi connectivity index (χ0) is 23.5. The molecule has 1 saturated carbocycles. The van der Waals surface area contributed by atoms with Crippen molar-refractivity contribution in [2.45, 2.75) is 56.1 Å². The van der Waals surface area contributed by atoms with Crippen LogP contribution in [0.25, 0.3) is 0 Å². The summed E-state index contributed by atoms with van der Waals surface area (Å²) < 4.78 is 67.9. The third kappa shape index (κ3) is 5.82. The molecule has 2 aromatic rings. The molecule has 0 aromatic heterocycles. The zero-order valence-corrected chi connectivity index (χ0v) is 19.0. The first kappa shape index (κ1) is 24.5. The summed E-state index contributed by atoms with van der Waals surface area (Å²) in [5, 5.41) is 2.10. The van der Waals surface area contributed by atoms with Crippen LogP contribution in [-0.2, 0) is 21.0 Å². The van der Waals surface area contributed by atoms with E-state index >= 15 is 0 Å². The van der Waals surface area contributed by atoms with E-state index in [2.05, 4.69) is 5.32 Å². The number of sulfonamides is 1. The van der Waals surface area contributed by atoms with E-state index in [0.717, 1.165) is 41.3 Å². The van der Waals surface area contributed by atoms with Crippen LogP contribution in [0, 0.1) is 6.92 Å². The molecule has 1 N–H and O–H groups in total. The number of anilines is 1. The number of carbonyl (C=O) groups excluding carboxylic acids is 1. The quantitative estimate of drug-likeness (QED) is 0.573. The van der Waals surface area contributed by atoms with Crippen LogP contribution in [0.5, 0.6) is 0 Å². The summed E-state index contributed by atoms with van der Waals surface area (Å²) in [6.07, 6.45) is -0.936. The molecule has 0 radical (unpaired) electrons. The summed E-state index contributed by atoms with van der Waals surface area (Å²) in [5.74, 6) is -0.848. The van der Waals surface area contributed by atoms with Gasteiger partial charge in [0.25, 0.3) is 0 Å². The van der Waals surface area contributed by atoms with E-state index in [1.165, 1.54) is 18.2 Å². The van der Waals surface area contributed by atoms with E-state index in [1.807, 2.05) is 6.92 Å². The van der Waals surface area contributed by atoms with Gasteiger partial charge in [0.2, 0.25) is 15.9 Å². The lowest BCUT2D eigenvalue weighted by atomic mass is 9.95. The number of rotatable bonds is 6. The minimum absolute atomic E-state index is 0.0453. The van der Waals surface area contributed by atoms with Gasteiger partial charge in [0, 0.05) is 11.1 Å². The molecular formula is C22H24ClF3N2O3S. The number of nitrogens with zero attached hydrogens (tertiary/aromatic N) is 1. The highest BCUT2D eigenvalue weighted by atomic mass is 35.5. The SMILES string of the molecule is Cc1ccc(S(=O)(=O)N(CC(=O)Nc2ccc(Cl)cc2C(F)(F)F)C2CCCCC2)cc1. The monoisotopic (exact) mass is 488 g/mol. The van der Waals surface area contributed by atoms with E-state index in [1.54, 1.807) is 12.1 Å². The fraction of sp³-hybridized carbons (Fsp3) is 0.409. The molecule has 10 heteroatoms. The van der Waals surface area contributed by atoms with Crippen LogP contribution in [0.3, 0.4) is 0 Å². The Morgan fingerprint density at radius 2 is 1.72 bits per heavy atom. The molecule has 3 rings (SSSR count). The van der Waals surface area contributed by atoms with Crippen molar-refractivity contribution in [1.82, 2.24) is 4.31 Å². The fourth-order valence-electron chi connectivity index (χ4n) is 3.82. The smallest absolute Gasteiger partial charge is 0.324 e. The highest BCUT2D eigenvalue weighted by Gasteiger charge is 2.36. The highest BCUT2D eigenvalue weighted by molar-refractivity contribution is 7.89. The number of benzene rings is 2. The fourth-order valence-corrected chi connectivity index (χ4v) is 5.63. The summed E-state index contributed by atoms with van der Waals surface area (Å²) in [5.41, 5.74) is -0.680. The first-order valence-electron chi connectivity index (χ1n) is 10.2. The van der Waals surface area contributed by atoms with Gasteiger partial charge in [-0.25, -0.2) is 8.42 Å². The number of alkyl halides is 3. The molecule has 174 valence electrons. The van der Waals surface area contributed by atoms with E-state index in [0.29, 0.717) is 12.8 Å². The lowest BCUT2D eigenvalue weighted by Gasteiger charge is -2.33. The molecule has 0 bridgehead atoms. The number of aryl methyl sites for hydroxylation is 1. The van der Waals surface area contributed by atoms with Crippen LogP contribution >= 0.6 is 11.6 Å². The topological polar surface area (TPSA) is 66.5 Å². The Bertz CT molecular complexity index is 1070. The molecule has 0 atom stereocenters. The van der Waals surface area contributed by atoms with Gasteiger partial charge < -0.3 is 5.32 Å². The minimum atomic E-state index is -4.73. The second kappa shape index (κ2) is 9.80. The average molecular weight is 489 g/mol. The Morgan fingerprint density at radius 3 is 2.31 bits per heavy atom. The lowest BCUT2D eigenvalue weighted by molar-refractivity contribution is -0.137. The largest absolute Gasteiger partial charge is 0.418 e. The number of nitrogens with one attached hydrogen (secondary N) is 1. The standard InChI is InChI=1S/C22H24ClF3N2O3S/c1-15-7-10-18(11-8-15)32(30,31)28(17-5-3-2-4-6-17)14-21(29)27-20-12-9-16(23)13-19(20)22(24,25)26/h7-13,17H,2-6,14H2,1H3,(H,27,29). The van der Waals surface area contributed by atoms with Crippen LogP contribution in [0.15, 0.2) is 47.4 Å². The molecule has 2 aromatic carbocycles. The van der Waals surface area contributed by atoms with Crippen molar-refractivity contribution >= 4 is 33.2 Å². The first-order valence-corrected chi connectivity index (χ1v) is 12.1. The molecular weight excluding hydrogens is 465 g/mol. The van der Waals surface area contributed by atoms with Crippen LogP contribution < -0.4 is 5.32 Å². The maximum absolute atomic E-state index is 13.4. The van der Waals surface area contributed by atoms with Gasteiger partial charge in [-0.1, -0.05) is 48.6 Å². The van der Waals surface area contributed by atoms with Crippen molar-refractivity contribution in [3.8, 4) is 0 Å². The molecule has 0 saturated heterocycles. The molecule has 0 spiro atoms. The maximum Gasteiger partial charge on any atom is 0.418 e. The van der Waals surface area contributed by atoms with Crippen LogP contribution in [0.2, 0.25) is 5.02 Å². The molecule has 5 nitrogen and oxygen atoms in total. The van der Waals surface area contributed by atoms with Crippen molar-refractivity contribution in [2.75, 3.05) is 11.9 Å². The van der Waals surface area contributed by atoms with Crippen molar-refractivity contribution in [3.63, 3.8) is 0 Å². The third-order valence-electron chi connectivity index (χ3n) is 5.47. The average Bonchev–Trinajstić information content (AvgIpc) is 2.73. The Kier molecular flexibility index (Phi) is 7.52. The van der Waals surface area contributed by atoms with Crippen molar-refractivity contribution in [1.29, 1.82) is 0 Å². The number of carbonyl (C=O) groups is 1. The normalized spacial score (nSPS) is 15.7. The summed E-state index contributed by atoms with van der Waals surface area (Å²) in [4.78, 5) is 12.8. The number of amides is 1. The number of hydrogen-bond donors (Lipinski definition) is 1. The lowest BCUT2D eigenvalue weighted by Crippen LogP contribution is -2.45. The van der Waals surface area contributed by atoms with Gasteiger partial charge in [0.1, 0.15) is 0 Å². The maximum atomic E-state index is 13.4. The van der Waals surface area contributed by atoms with Crippen molar-refractivity contribution < 1.29 is 26.4 Å². The van der Waals surface area contributed by atoms with Crippen LogP contribution in [0.1, 0.15) is 43.2 Å². The number of halogens is 4.